The Morgan fingerprint density at radius 2 is 2.21 bits per heavy atom. The molecule has 0 bridgehead atoms. The van der Waals surface area contributed by atoms with E-state index in [-0.39, 0.29) is 36.1 Å². The second kappa shape index (κ2) is 7.43. The van der Waals surface area contributed by atoms with Crippen LogP contribution in [0, 0.1) is 5.41 Å². The van der Waals surface area contributed by atoms with Crippen molar-refractivity contribution in [1.82, 2.24) is 9.88 Å². The van der Waals surface area contributed by atoms with Crippen LogP contribution in [0.4, 0.5) is 0 Å². The van der Waals surface area contributed by atoms with Gasteiger partial charge in [-0.05, 0) is 40.4 Å². The van der Waals surface area contributed by atoms with Crippen molar-refractivity contribution in [2.75, 3.05) is 19.6 Å². The Balaban J connectivity index is 0.00000162. The molecule has 4 nitrogen and oxygen atoms in total. The van der Waals surface area contributed by atoms with Gasteiger partial charge in [0, 0.05) is 30.0 Å². The molecule has 1 amide bonds. The third-order valence-corrected chi connectivity index (χ3v) is 3.72. The maximum atomic E-state index is 12.2. The topological polar surface area (TPSA) is 59.2 Å². The van der Waals surface area contributed by atoms with Crippen LogP contribution in [-0.4, -0.2) is 35.4 Å². The molecule has 2 N–H and O–H groups in total. The third kappa shape index (κ3) is 4.31. The van der Waals surface area contributed by atoms with Crippen LogP contribution in [0.1, 0.15) is 23.7 Å². The Bertz CT molecular complexity index is 447. The Morgan fingerprint density at radius 1 is 1.53 bits per heavy atom. The molecular weight excluding hydrogens is 353 g/mol. The van der Waals surface area contributed by atoms with Gasteiger partial charge < -0.3 is 10.6 Å². The van der Waals surface area contributed by atoms with Crippen LogP contribution in [0.2, 0.25) is 0 Å². The quantitative estimate of drug-likeness (QED) is 0.869. The number of nitrogens with two attached hydrogens (primary N) is 1. The van der Waals surface area contributed by atoms with Gasteiger partial charge in [-0.1, -0.05) is 6.92 Å². The first-order valence-electron chi connectivity index (χ1n) is 5.64. The number of pyridine rings is 1. The van der Waals surface area contributed by atoms with E-state index in [1.54, 1.807) is 18.5 Å². The normalized spacial score (nSPS) is 21.5. The average molecular weight is 371 g/mol. The highest BCUT2D eigenvalue weighted by Gasteiger charge is 2.35. The summed E-state index contributed by atoms with van der Waals surface area (Å²) in [5.74, 6) is 0.0379. The van der Waals surface area contributed by atoms with Crippen molar-refractivity contribution in [2.45, 2.75) is 13.3 Å². The second-order valence-electron chi connectivity index (χ2n) is 4.88. The van der Waals surface area contributed by atoms with E-state index in [0.717, 1.165) is 24.0 Å². The van der Waals surface area contributed by atoms with Crippen molar-refractivity contribution in [3.8, 4) is 0 Å². The predicted octanol–water partition coefficient (Wildman–Crippen LogP) is 2.50. The zero-order valence-corrected chi connectivity index (χ0v) is 13.9. The number of likely N-dealkylation sites (tertiary alicyclic amines) is 1. The summed E-state index contributed by atoms with van der Waals surface area (Å²) in [6.07, 6.45) is 4.24. The van der Waals surface area contributed by atoms with Gasteiger partial charge >= 0.3 is 0 Å². The number of aromatic nitrogens is 1. The Morgan fingerprint density at radius 3 is 2.74 bits per heavy atom. The van der Waals surface area contributed by atoms with Gasteiger partial charge in [-0.2, -0.15) is 0 Å². The molecule has 0 spiro atoms. The maximum Gasteiger partial charge on any atom is 0.255 e. The molecule has 2 rings (SSSR count). The molecule has 1 saturated heterocycles. The minimum atomic E-state index is 0. The van der Waals surface area contributed by atoms with Crippen LogP contribution >= 0.6 is 40.7 Å². The summed E-state index contributed by atoms with van der Waals surface area (Å²) in [7, 11) is 0. The first-order chi connectivity index (χ1) is 8.04. The number of carbonyl (C=O) groups excluding carboxylic acids is 1. The number of halogens is 3. The zero-order valence-electron chi connectivity index (χ0n) is 10.6. The lowest BCUT2D eigenvalue weighted by atomic mass is 9.90. The SMILES string of the molecule is CC1(CN)CCN(C(=O)c2cncc(Br)c2)C1.Cl.Cl. The van der Waals surface area contributed by atoms with Crippen molar-refractivity contribution in [1.29, 1.82) is 0 Å². The van der Waals surface area contributed by atoms with Gasteiger partial charge in [0.2, 0.25) is 0 Å². The van der Waals surface area contributed by atoms with E-state index in [1.165, 1.54) is 0 Å². The van der Waals surface area contributed by atoms with Gasteiger partial charge in [-0.3, -0.25) is 9.78 Å². The first kappa shape index (κ1) is 18.6. The minimum Gasteiger partial charge on any atom is -0.338 e. The Hall–Kier alpha value is -0.360. The molecule has 1 unspecified atom stereocenters. The van der Waals surface area contributed by atoms with Gasteiger partial charge in [0.25, 0.3) is 5.91 Å². The maximum absolute atomic E-state index is 12.2. The fraction of sp³-hybridized carbons (Fsp3) is 0.500. The van der Waals surface area contributed by atoms with Crippen molar-refractivity contribution in [3.63, 3.8) is 0 Å². The van der Waals surface area contributed by atoms with E-state index in [0.29, 0.717) is 12.1 Å². The summed E-state index contributed by atoms with van der Waals surface area (Å²) in [4.78, 5) is 18.1. The van der Waals surface area contributed by atoms with Crippen LogP contribution in [0.5, 0.6) is 0 Å². The summed E-state index contributed by atoms with van der Waals surface area (Å²) in [6.45, 7) is 4.25. The molecule has 0 radical (unpaired) electrons. The van der Waals surface area contributed by atoms with E-state index in [4.69, 9.17) is 5.73 Å². The Kier molecular flexibility index (Phi) is 7.29. The molecule has 19 heavy (non-hydrogen) atoms. The summed E-state index contributed by atoms with van der Waals surface area (Å²) in [6, 6.07) is 1.80. The number of hydrogen-bond donors (Lipinski definition) is 1. The van der Waals surface area contributed by atoms with Gasteiger partial charge in [0.1, 0.15) is 0 Å². The lowest BCUT2D eigenvalue weighted by Gasteiger charge is -2.22. The third-order valence-electron chi connectivity index (χ3n) is 3.29. The molecule has 0 saturated carbocycles. The van der Waals surface area contributed by atoms with Crippen molar-refractivity contribution in [3.05, 3.63) is 28.5 Å². The van der Waals surface area contributed by atoms with Crippen molar-refractivity contribution >= 4 is 46.7 Å². The average Bonchev–Trinajstić information content (AvgIpc) is 2.72. The standard InChI is InChI=1S/C12H16BrN3O.2ClH/c1-12(7-14)2-3-16(8-12)11(17)9-4-10(13)6-15-5-9;;/h4-6H,2-3,7-8,14H2,1H3;2*1H. The highest BCUT2D eigenvalue weighted by atomic mass is 79.9. The molecule has 7 heteroatoms. The van der Waals surface area contributed by atoms with Gasteiger partial charge in [-0.15, -0.1) is 24.8 Å². The molecule has 0 aromatic carbocycles. The van der Waals surface area contributed by atoms with E-state index in [9.17, 15) is 4.79 Å². The van der Waals surface area contributed by atoms with Crippen molar-refractivity contribution < 1.29 is 4.79 Å². The minimum absolute atomic E-state index is 0. The lowest BCUT2D eigenvalue weighted by Crippen LogP contribution is -2.34. The van der Waals surface area contributed by atoms with Crippen LogP contribution in [0.15, 0.2) is 22.9 Å². The summed E-state index contributed by atoms with van der Waals surface area (Å²) >= 11 is 3.32. The number of hydrogen-bond acceptors (Lipinski definition) is 3. The zero-order chi connectivity index (χ0) is 12.5. The van der Waals surface area contributed by atoms with E-state index >= 15 is 0 Å². The largest absolute Gasteiger partial charge is 0.338 e. The fourth-order valence-corrected chi connectivity index (χ4v) is 2.44. The number of nitrogens with zero attached hydrogens (tertiary/aromatic N) is 2. The molecule has 108 valence electrons. The number of carbonyl (C=O) groups is 1. The number of rotatable bonds is 2. The number of amides is 1. The van der Waals surface area contributed by atoms with Gasteiger partial charge in [0.15, 0.2) is 0 Å². The second-order valence-corrected chi connectivity index (χ2v) is 5.80. The van der Waals surface area contributed by atoms with E-state index in [1.807, 2.05) is 4.90 Å². The molecule has 1 aliphatic rings. The summed E-state index contributed by atoms with van der Waals surface area (Å²) < 4.78 is 0.823. The lowest BCUT2D eigenvalue weighted by molar-refractivity contribution is 0.0776. The molecule has 1 aromatic heterocycles. The molecule has 0 aliphatic carbocycles. The van der Waals surface area contributed by atoms with E-state index < -0.39 is 0 Å². The summed E-state index contributed by atoms with van der Waals surface area (Å²) in [5, 5.41) is 0. The smallest absolute Gasteiger partial charge is 0.255 e. The first-order valence-corrected chi connectivity index (χ1v) is 6.43. The van der Waals surface area contributed by atoms with Crippen LogP contribution in [0.3, 0.4) is 0 Å². The van der Waals surface area contributed by atoms with Crippen LogP contribution in [0.25, 0.3) is 0 Å². The highest BCUT2D eigenvalue weighted by Crippen LogP contribution is 2.29. The molecule has 1 aromatic rings. The highest BCUT2D eigenvalue weighted by molar-refractivity contribution is 9.10. The molecule has 1 atom stereocenters. The van der Waals surface area contributed by atoms with Crippen molar-refractivity contribution in [2.24, 2.45) is 11.1 Å². The van der Waals surface area contributed by atoms with Gasteiger partial charge in [0.05, 0.1) is 5.56 Å². The monoisotopic (exact) mass is 369 g/mol. The fourth-order valence-electron chi connectivity index (χ4n) is 2.08. The summed E-state index contributed by atoms with van der Waals surface area (Å²) in [5.41, 5.74) is 6.43. The van der Waals surface area contributed by atoms with E-state index in [2.05, 4.69) is 27.8 Å². The molecule has 1 fully saturated rings. The van der Waals surface area contributed by atoms with Crippen LogP contribution in [-0.2, 0) is 0 Å². The molecule has 1 aliphatic heterocycles. The Labute approximate surface area is 134 Å². The predicted molar refractivity (Wildman–Crippen MR) is 84.1 cm³/mol. The molecular formula is C12H18BrCl2N3O. The van der Waals surface area contributed by atoms with Gasteiger partial charge in [-0.25, -0.2) is 0 Å². The molecule has 2 heterocycles. The van der Waals surface area contributed by atoms with Crippen LogP contribution < -0.4 is 5.73 Å².